The number of hydrogen-bond acceptors (Lipinski definition) is 2. The monoisotopic (exact) mass is 264 g/mol. The number of hydrogen-bond donors (Lipinski definition) is 2. The molecule has 0 radical (unpaired) electrons. The highest BCUT2D eigenvalue weighted by molar-refractivity contribution is 5.92. The van der Waals surface area contributed by atoms with Crippen LogP contribution < -0.4 is 10.6 Å². The average Bonchev–Trinajstić information content (AvgIpc) is 2.28. The van der Waals surface area contributed by atoms with Crippen molar-refractivity contribution in [3.05, 3.63) is 29.6 Å². The number of rotatable bonds is 4. The lowest BCUT2D eigenvalue weighted by Crippen LogP contribution is -2.28. The fourth-order valence-electron chi connectivity index (χ4n) is 1.23. The third-order valence-corrected chi connectivity index (χ3v) is 2.10. The zero-order valence-corrected chi connectivity index (χ0v) is 9.57. The zero-order chi connectivity index (χ0) is 13.8. The summed E-state index contributed by atoms with van der Waals surface area (Å²) in [6.45, 7) is 2.20. The van der Waals surface area contributed by atoms with Gasteiger partial charge in [0, 0.05) is 0 Å². The molecule has 1 aromatic rings. The maximum absolute atomic E-state index is 13.2. The predicted octanol–water partition coefficient (Wildman–Crippen LogP) is 2.39. The molecule has 0 aliphatic rings. The number of carbonyl (C=O) groups is 1. The predicted molar refractivity (Wildman–Crippen MR) is 58.6 cm³/mol. The number of nitrogens with one attached hydrogen (secondary N) is 2. The van der Waals surface area contributed by atoms with Gasteiger partial charge >= 0.3 is 6.18 Å². The van der Waals surface area contributed by atoms with Gasteiger partial charge in [-0.2, -0.15) is 13.2 Å². The van der Waals surface area contributed by atoms with Crippen molar-refractivity contribution in [2.75, 3.05) is 18.4 Å². The Morgan fingerprint density at radius 1 is 1.33 bits per heavy atom. The van der Waals surface area contributed by atoms with Crippen LogP contribution in [0, 0.1) is 5.82 Å². The van der Waals surface area contributed by atoms with E-state index in [4.69, 9.17) is 0 Å². The van der Waals surface area contributed by atoms with E-state index in [9.17, 15) is 22.4 Å². The largest absolute Gasteiger partial charge is 0.416 e. The van der Waals surface area contributed by atoms with E-state index in [1.807, 2.05) is 0 Å². The second kappa shape index (κ2) is 5.81. The maximum atomic E-state index is 13.2. The van der Waals surface area contributed by atoms with Gasteiger partial charge in [0.15, 0.2) is 0 Å². The topological polar surface area (TPSA) is 41.1 Å². The third kappa shape index (κ3) is 3.99. The van der Waals surface area contributed by atoms with Crippen molar-refractivity contribution >= 4 is 11.6 Å². The van der Waals surface area contributed by atoms with Gasteiger partial charge in [-0.25, -0.2) is 4.39 Å². The fraction of sp³-hybridized carbons (Fsp3) is 0.364. The molecule has 3 nitrogen and oxygen atoms in total. The fourth-order valence-corrected chi connectivity index (χ4v) is 1.23. The summed E-state index contributed by atoms with van der Waals surface area (Å²) >= 11 is 0. The van der Waals surface area contributed by atoms with E-state index in [2.05, 4.69) is 10.6 Å². The molecular weight excluding hydrogens is 252 g/mol. The number of alkyl halides is 3. The minimum absolute atomic E-state index is 0.0911. The van der Waals surface area contributed by atoms with E-state index in [1.165, 1.54) is 0 Å². The van der Waals surface area contributed by atoms with Gasteiger partial charge in [-0.1, -0.05) is 6.92 Å². The summed E-state index contributed by atoms with van der Waals surface area (Å²) in [6, 6.07) is 1.86. The molecule has 0 saturated heterocycles. The second-order valence-corrected chi connectivity index (χ2v) is 3.52. The molecule has 0 spiro atoms. The summed E-state index contributed by atoms with van der Waals surface area (Å²) in [5.41, 5.74) is -1.49. The van der Waals surface area contributed by atoms with Crippen molar-refractivity contribution in [3.63, 3.8) is 0 Å². The summed E-state index contributed by atoms with van der Waals surface area (Å²) in [6.07, 6.45) is -4.57. The van der Waals surface area contributed by atoms with Crippen LogP contribution in [0.5, 0.6) is 0 Å². The first-order chi connectivity index (χ1) is 8.34. The van der Waals surface area contributed by atoms with Gasteiger partial charge in [-0.3, -0.25) is 4.79 Å². The van der Waals surface area contributed by atoms with Crippen molar-refractivity contribution in [3.8, 4) is 0 Å². The SMILES string of the molecule is CCNCC(=O)Nc1cc(C(F)(F)F)ccc1F. The average molecular weight is 264 g/mol. The van der Waals surface area contributed by atoms with Crippen molar-refractivity contribution in [1.29, 1.82) is 0 Å². The maximum Gasteiger partial charge on any atom is 0.416 e. The van der Waals surface area contributed by atoms with Gasteiger partial charge in [-0.15, -0.1) is 0 Å². The number of anilines is 1. The number of halogens is 4. The van der Waals surface area contributed by atoms with Gasteiger partial charge in [0.1, 0.15) is 5.82 Å². The van der Waals surface area contributed by atoms with Crippen molar-refractivity contribution in [2.24, 2.45) is 0 Å². The summed E-state index contributed by atoms with van der Waals surface area (Å²) in [5, 5.41) is 4.76. The molecule has 0 aliphatic heterocycles. The molecule has 0 fully saturated rings. The molecule has 0 unspecified atom stereocenters. The van der Waals surface area contributed by atoms with Crippen LogP contribution in [0.4, 0.5) is 23.2 Å². The molecule has 0 aliphatic carbocycles. The molecule has 18 heavy (non-hydrogen) atoms. The first kappa shape index (κ1) is 14.4. The smallest absolute Gasteiger partial charge is 0.322 e. The van der Waals surface area contributed by atoms with Crippen molar-refractivity contribution in [2.45, 2.75) is 13.1 Å². The molecule has 0 atom stereocenters. The van der Waals surface area contributed by atoms with E-state index in [-0.39, 0.29) is 6.54 Å². The first-order valence-corrected chi connectivity index (χ1v) is 5.22. The Morgan fingerprint density at radius 2 is 2.00 bits per heavy atom. The molecule has 7 heteroatoms. The molecular formula is C11H12F4N2O. The molecule has 0 bridgehead atoms. The highest BCUT2D eigenvalue weighted by atomic mass is 19.4. The second-order valence-electron chi connectivity index (χ2n) is 3.52. The zero-order valence-electron chi connectivity index (χ0n) is 9.57. The van der Waals surface area contributed by atoms with Crippen LogP contribution in [0.1, 0.15) is 12.5 Å². The highest BCUT2D eigenvalue weighted by Crippen LogP contribution is 2.31. The van der Waals surface area contributed by atoms with Crippen LogP contribution in [0.3, 0.4) is 0 Å². The van der Waals surface area contributed by atoms with E-state index < -0.39 is 29.2 Å². The Hall–Kier alpha value is -1.63. The molecule has 1 aromatic carbocycles. The molecule has 0 heterocycles. The van der Waals surface area contributed by atoms with Gasteiger partial charge in [0.2, 0.25) is 5.91 Å². The lowest BCUT2D eigenvalue weighted by molar-refractivity contribution is -0.137. The van der Waals surface area contributed by atoms with Gasteiger partial charge in [0.05, 0.1) is 17.8 Å². The van der Waals surface area contributed by atoms with Crippen LogP contribution in [-0.2, 0) is 11.0 Å². The molecule has 0 aromatic heterocycles. The van der Waals surface area contributed by atoms with E-state index in [0.29, 0.717) is 24.7 Å². The summed E-state index contributed by atoms with van der Waals surface area (Å²) < 4.78 is 50.4. The molecule has 100 valence electrons. The van der Waals surface area contributed by atoms with Gasteiger partial charge < -0.3 is 10.6 Å². The normalized spacial score (nSPS) is 11.4. The summed E-state index contributed by atoms with van der Waals surface area (Å²) in [4.78, 5) is 11.3. The van der Waals surface area contributed by atoms with Crippen LogP contribution >= 0.6 is 0 Å². The molecule has 2 N–H and O–H groups in total. The Bertz CT molecular complexity index is 432. The number of likely N-dealkylation sites (N-methyl/N-ethyl adjacent to an activating group) is 1. The Labute approximate surface area is 101 Å². The molecule has 1 amide bonds. The summed E-state index contributed by atoms with van der Waals surface area (Å²) in [5.74, 6) is -1.51. The van der Waals surface area contributed by atoms with Crippen LogP contribution in [0.25, 0.3) is 0 Å². The third-order valence-electron chi connectivity index (χ3n) is 2.10. The van der Waals surface area contributed by atoms with E-state index in [0.717, 1.165) is 0 Å². The lowest BCUT2D eigenvalue weighted by atomic mass is 10.2. The summed E-state index contributed by atoms with van der Waals surface area (Å²) in [7, 11) is 0. The Kier molecular flexibility index (Phi) is 4.66. The van der Waals surface area contributed by atoms with Gasteiger partial charge in [0.25, 0.3) is 0 Å². The van der Waals surface area contributed by atoms with E-state index in [1.54, 1.807) is 6.92 Å². The lowest BCUT2D eigenvalue weighted by Gasteiger charge is -2.11. The highest BCUT2D eigenvalue weighted by Gasteiger charge is 2.31. The van der Waals surface area contributed by atoms with Crippen LogP contribution in [-0.4, -0.2) is 19.0 Å². The number of amides is 1. The van der Waals surface area contributed by atoms with Crippen molar-refractivity contribution in [1.82, 2.24) is 5.32 Å². The Balaban J connectivity index is 2.85. The minimum atomic E-state index is -4.57. The van der Waals surface area contributed by atoms with Crippen LogP contribution in [0.2, 0.25) is 0 Å². The first-order valence-electron chi connectivity index (χ1n) is 5.22. The minimum Gasteiger partial charge on any atom is -0.322 e. The van der Waals surface area contributed by atoms with E-state index >= 15 is 0 Å². The standard InChI is InChI=1S/C11H12F4N2O/c1-2-16-6-10(18)17-9-5-7(11(13,14)15)3-4-8(9)12/h3-5,16H,2,6H2,1H3,(H,17,18). The number of benzene rings is 1. The van der Waals surface area contributed by atoms with Crippen molar-refractivity contribution < 1.29 is 22.4 Å². The quantitative estimate of drug-likeness (QED) is 0.820. The Morgan fingerprint density at radius 3 is 2.56 bits per heavy atom. The van der Waals surface area contributed by atoms with Gasteiger partial charge in [-0.05, 0) is 24.7 Å². The number of carbonyl (C=O) groups excluding carboxylic acids is 1. The molecule has 1 rings (SSSR count). The molecule has 0 saturated carbocycles. The van der Waals surface area contributed by atoms with Crippen LogP contribution in [0.15, 0.2) is 18.2 Å².